The molecule has 2 nitrogen and oxygen atoms in total. The van der Waals surface area contributed by atoms with E-state index in [1.54, 1.807) is 0 Å². The van der Waals surface area contributed by atoms with Crippen LogP contribution in [0.15, 0.2) is 89.3 Å². The number of H-pyrrole nitrogens is 1. The van der Waals surface area contributed by atoms with Crippen molar-refractivity contribution in [2.45, 2.75) is 0 Å². The number of furan rings is 1. The van der Waals surface area contributed by atoms with Gasteiger partial charge in [-0.3, -0.25) is 0 Å². The van der Waals surface area contributed by atoms with Crippen molar-refractivity contribution in [3.8, 4) is 0 Å². The van der Waals surface area contributed by atoms with E-state index in [0.717, 1.165) is 22.2 Å². The fraction of sp³-hybridized carbons (Fsp3) is 0. The summed E-state index contributed by atoms with van der Waals surface area (Å²) < 4.78 is 6.47. The largest absolute Gasteiger partial charge is 0.455 e. The van der Waals surface area contributed by atoms with Crippen LogP contribution in [0.5, 0.6) is 0 Å². The fourth-order valence-electron chi connectivity index (χ4n) is 4.75. The van der Waals surface area contributed by atoms with Gasteiger partial charge >= 0.3 is 0 Å². The van der Waals surface area contributed by atoms with Crippen LogP contribution in [0.4, 0.5) is 0 Å². The van der Waals surface area contributed by atoms with Crippen LogP contribution in [-0.4, -0.2) is 4.98 Å². The summed E-state index contributed by atoms with van der Waals surface area (Å²) >= 11 is 0. The molecule has 5 aromatic carbocycles. The number of fused-ring (bicyclic) bond motifs is 11. The van der Waals surface area contributed by atoms with Gasteiger partial charge in [0, 0.05) is 21.7 Å². The van der Waals surface area contributed by atoms with Crippen molar-refractivity contribution in [2.24, 2.45) is 0 Å². The molecule has 0 amide bonds. The molecule has 0 aliphatic heterocycles. The Bertz CT molecular complexity index is 1720. The molecule has 0 saturated carbocycles. The molecule has 0 aliphatic carbocycles. The molecule has 2 heteroatoms. The average molecular weight is 357 g/mol. The second-order valence-electron chi connectivity index (χ2n) is 7.46. The van der Waals surface area contributed by atoms with Crippen LogP contribution in [0.3, 0.4) is 0 Å². The number of nitrogens with one attached hydrogen (secondary N) is 1. The monoisotopic (exact) mass is 357 g/mol. The summed E-state index contributed by atoms with van der Waals surface area (Å²) in [6, 6.07) is 30.0. The summed E-state index contributed by atoms with van der Waals surface area (Å²) in [7, 11) is 0. The normalized spacial score (nSPS) is 12.3. The summed E-state index contributed by atoms with van der Waals surface area (Å²) in [5.41, 5.74) is 4.16. The Morgan fingerprint density at radius 1 is 0.500 bits per heavy atom. The lowest BCUT2D eigenvalue weighted by Crippen LogP contribution is -1.75. The number of aromatic amines is 1. The first kappa shape index (κ1) is 14.3. The molecule has 0 spiro atoms. The van der Waals surface area contributed by atoms with Gasteiger partial charge in [-0.15, -0.1) is 0 Å². The lowest BCUT2D eigenvalue weighted by Gasteiger charge is -2.00. The maximum atomic E-state index is 6.47. The minimum Gasteiger partial charge on any atom is -0.455 e. The summed E-state index contributed by atoms with van der Waals surface area (Å²) in [5, 5.41) is 9.76. The van der Waals surface area contributed by atoms with Gasteiger partial charge in [-0.05, 0) is 45.8 Å². The lowest BCUT2D eigenvalue weighted by atomic mass is 10.0. The van der Waals surface area contributed by atoms with Gasteiger partial charge in [0.25, 0.3) is 0 Å². The molecule has 0 aliphatic rings. The zero-order valence-corrected chi connectivity index (χ0v) is 15.0. The highest BCUT2D eigenvalue weighted by Crippen LogP contribution is 2.41. The van der Waals surface area contributed by atoms with Crippen molar-refractivity contribution >= 4 is 65.3 Å². The van der Waals surface area contributed by atoms with Gasteiger partial charge in [0.15, 0.2) is 0 Å². The van der Waals surface area contributed by atoms with E-state index in [9.17, 15) is 0 Å². The Balaban J connectivity index is 1.79. The van der Waals surface area contributed by atoms with Crippen LogP contribution in [0.2, 0.25) is 0 Å². The molecule has 130 valence electrons. The molecule has 7 rings (SSSR count). The zero-order chi connectivity index (χ0) is 18.2. The number of hydrogen-bond donors (Lipinski definition) is 1. The SMILES string of the molecule is c1ccc2c(c1)ccc1oc3c(ccc4[nH]c5ccc6ccccc6c5c43)c12. The Morgan fingerprint density at radius 3 is 1.96 bits per heavy atom. The maximum Gasteiger partial charge on any atom is 0.145 e. The predicted molar refractivity (Wildman–Crippen MR) is 118 cm³/mol. The second kappa shape index (κ2) is 4.93. The van der Waals surface area contributed by atoms with Crippen LogP contribution in [0.1, 0.15) is 0 Å². The molecule has 2 heterocycles. The molecule has 2 aromatic heterocycles. The highest BCUT2D eigenvalue weighted by molar-refractivity contribution is 6.30. The molecule has 7 aromatic rings. The van der Waals surface area contributed by atoms with Gasteiger partial charge in [-0.25, -0.2) is 0 Å². The van der Waals surface area contributed by atoms with Gasteiger partial charge in [0.2, 0.25) is 0 Å². The highest BCUT2D eigenvalue weighted by Gasteiger charge is 2.17. The van der Waals surface area contributed by atoms with E-state index in [1.165, 1.54) is 43.1 Å². The van der Waals surface area contributed by atoms with E-state index in [1.807, 2.05) is 0 Å². The van der Waals surface area contributed by atoms with Gasteiger partial charge in [-0.2, -0.15) is 0 Å². The van der Waals surface area contributed by atoms with Gasteiger partial charge in [0.05, 0.1) is 10.9 Å². The molecular formula is C26H15NO. The maximum absolute atomic E-state index is 6.47. The third-order valence-corrected chi connectivity index (χ3v) is 5.98. The van der Waals surface area contributed by atoms with Crippen molar-refractivity contribution in [3.63, 3.8) is 0 Å². The van der Waals surface area contributed by atoms with E-state index in [2.05, 4.69) is 89.9 Å². The Hall–Kier alpha value is -3.78. The summed E-state index contributed by atoms with van der Waals surface area (Å²) in [6.45, 7) is 0. The van der Waals surface area contributed by atoms with Crippen LogP contribution in [-0.2, 0) is 0 Å². The summed E-state index contributed by atoms with van der Waals surface area (Å²) in [6.07, 6.45) is 0. The average Bonchev–Trinajstić information content (AvgIpc) is 3.32. The first-order valence-corrected chi connectivity index (χ1v) is 9.54. The summed E-state index contributed by atoms with van der Waals surface area (Å²) in [5.74, 6) is 0. The zero-order valence-electron chi connectivity index (χ0n) is 15.0. The second-order valence-corrected chi connectivity index (χ2v) is 7.46. The lowest BCUT2D eigenvalue weighted by molar-refractivity contribution is 0.673. The molecule has 0 fully saturated rings. The number of rotatable bonds is 0. The Kier molecular flexibility index (Phi) is 2.52. The van der Waals surface area contributed by atoms with Crippen molar-refractivity contribution < 1.29 is 4.42 Å². The van der Waals surface area contributed by atoms with E-state index in [4.69, 9.17) is 4.42 Å². The molecule has 0 radical (unpaired) electrons. The molecule has 0 unspecified atom stereocenters. The Morgan fingerprint density at radius 2 is 1.14 bits per heavy atom. The van der Waals surface area contributed by atoms with Crippen LogP contribution in [0.25, 0.3) is 65.3 Å². The van der Waals surface area contributed by atoms with E-state index in [-0.39, 0.29) is 0 Å². The van der Waals surface area contributed by atoms with Gasteiger partial charge in [0.1, 0.15) is 11.2 Å². The first-order valence-electron chi connectivity index (χ1n) is 9.54. The van der Waals surface area contributed by atoms with Gasteiger partial charge < -0.3 is 9.40 Å². The molecule has 1 N–H and O–H groups in total. The quantitative estimate of drug-likeness (QED) is 0.299. The van der Waals surface area contributed by atoms with Crippen molar-refractivity contribution in [1.29, 1.82) is 0 Å². The van der Waals surface area contributed by atoms with Crippen LogP contribution >= 0.6 is 0 Å². The number of benzene rings is 5. The van der Waals surface area contributed by atoms with E-state index in [0.29, 0.717) is 0 Å². The third kappa shape index (κ3) is 1.68. The number of hydrogen-bond acceptors (Lipinski definition) is 1. The molecule has 0 saturated heterocycles. The third-order valence-electron chi connectivity index (χ3n) is 5.98. The number of aromatic nitrogens is 1. The van der Waals surface area contributed by atoms with Crippen molar-refractivity contribution in [2.75, 3.05) is 0 Å². The van der Waals surface area contributed by atoms with Crippen LogP contribution in [0, 0.1) is 0 Å². The minimum absolute atomic E-state index is 0.941. The van der Waals surface area contributed by atoms with Gasteiger partial charge in [-0.1, -0.05) is 60.7 Å². The van der Waals surface area contributed by atoms with Crippen molar-refractivity contribution in [1.82, 2.24) is 4.98 Å². The minimum atomic E-state index is 0.941. The molecule has 28 heavy (non-hydrogen) atoms. The Labute approximate surface area is 160 Å². The smallest absolute Gasteiger partial charge is 0.145 e. The van der Waals surface area contributed by atoms with E-state index >= 15 is 0 Å². The van der Waals surface area contributed by atoms with Crippen LogP contribution < -0.4 is 0 Å². The molecule has 0 atom stereocenters. The predicted octanol–water partition coefficient (Wildman–Crippen LogP) is 7.53. The highest BCUT2D eigenvalue weighted by atomic mass is 16.3. The fourth-order valence-corrected chi connectivity index (χ4v) is 4.75. The standard InChI is InChI=1S/C26H15NO/c1-3-7-17-16(6-1)10-14-22-23(17)19-11-13-21-25(26(19)28-22)24-18-8-4-2-5-15(18)9-12-20(24)27-21/h1-14,27H. The first-order chi connectivity index (χ1) is 13.9. The van der Waals surface area contributed by atoms with Crippen molar-refractivity contribution in [3.05, 3.63) is 84.9 Å². The molecular weight excluding hydrogens is 342 g/mol. The summed E-state index contributed by atoms with van der Waals surface area (Å²) in [4.78, 5) is 3.58. The topological polar surface area (TPSA) is 28.9 Å². The van der Waals surface area contributed by atoms with E-state index < -0.39 is 0 Å². The molecule has 0 bridgehead atoms.